The number of hydrogen-bond acceptors (Lipinski definition) is 4. The number of allylic oxidation sites excluding steroid dienone is 1. The molecule has 1 heterocycles. The predicted molar refractivity (Wildman–Crippen MR) is 123 cm³/mol. The molecule has 6 nitrogen and oxygen atoms in total. The van der Waals surface area contributed by atoms with Gasteiger partial charge in [0.2, 0.25) is 5.91 Å². The largest absolute Gasteiger partial charge is 1.00 e. The normalized spacial score (nSPS) is 15.3. The SMILES string of the molecule is COc1ccc(C[N+]2(C)CCN(C(=O)/C=C/CCCCCCCOC(C)=O)CC2)cc1.[Cl-]. The van der Waals surface area contributed by atoms with Crippen molar-refractivity contribution in [2.24, 2.45) is 0 Å². The maximum Gasteiger partial charge on any atom is 0.302 e. The Balaban J connectivity index is 0.00000512. The maximum absolute atomic E-state index is 12.5. The van der Waals surface area contributed by atoms with E-state index in [4.69, 9.17) is 9.47 Å². The first-order valence-electron chi connectivity index (χ1n) is 11.5. The van der Waals surface area contributed by atoms with E-state index in [-0.39, 0.29) is 24.3 Å². The fourth-order valence-corrected chi connectivity index (χ4v) is 3.90. The van der Waals surface area contributed by atoms with E-state index in [1.165, 1.54) is 12.5 Å². The topological polar surface area (TPSA) is 55.8 Å². The number of piperazine rings is 1. The minimum atomic E-state index is -0.204. The number of carbonyl (C=O) groups is 2. The first-order chi connectivity index (χ1) is 14.9. The van der Waals surface area contributed by atoms with Crippen molar-refractivity contribution in [1.29, 1.82) is 0 Å². The van der Waals surface area contributed by atoms with E-state index >= 15 is 0 Å². The van der Waals surface area contributed by atoms with E-state index in [0.29, 0.717) is 6.61 Å². The molecule has 0 aliphatic carbocycles. The summed E-state index contributed by atoms with van der Waals surface area (Å²) < 4.78 is 11.1. The van der Waals surface area contributed by atoms with Crippen molar-refractivity contribution in [3.05, 3.63) is 42.0 Å². The lowest BCUT2D eigenvalue weighted by Crippen LogP contribution is -3.00. The summed E-state index contributed by atoms with van der Waals surface area (Å²) in [5, 5.41) is 0. The molecule has 1 aliphatic heterocycles. The van der Waals surface area contributed by atoms with Crippen LogP contribution in [0.3, 0.4) is 0 Å². The highest BCUT2D eigenvalue weighted by Gasteiger charge is 2.30. The standard InChI is InChI=1S/C25H39N2O4.ClH/c1-22(28)31-20-10-8-6-4-5-7-9-11-25(29)26-16-18-27(2,19-17-26)21-23-12-14-24(30-3)15-13-23;/h9,11-15H,4-8,10,16-21H2,1-3H3;1H/q+1;/p-1/b11-9+;. The number of unbranched alkanes of at least 4 members (excludes halogenated alkanes) is 5. The van der Waals surface area contributed by atoms with Crippen LogP contribution in [-0.4, -0.2) is 68.2 Å². The van der Waals surface area contributed by atoms with Crippen LogP contribution in [0.1, 0.15) is 51.0 Å². The van der Waals surface area contributed by atoms with E-state index in [2.05, 4.69) is 19.2 Å². The zero-order valence-electron chi connectivity index (χ0n) is 19.9. The second-order valence-corrected chi connectivity index (χ2v) is 8.70. The molecule has 1 aliphatic rings. The average Bonchev–Trinajstić information content (AvgIpc) is 2.75. The summed E-state index contributed by atoms with van der Waals surface area (Å²) in [6, 6.07) is 8.27. The number of esters is 1. The molecule has 32 heavy (non-hydrogen) atoms. The molecule has 1 fully saturated rings. The second-order valence-electron chi connectivity index (χ2n) is 8.70. The minimum absolute atomic E-state index is 0. The van der Waals surface area contributed by atoms with Crippen LogP contribution in [-0.2, 0) is 20.9 Å². The van der Waals surface area contributed by atoms with Gasteiger partial charge in [-0.2, -0.15) is 0 Å². The molecule has 1 amide bonds. The minimum Gasteiger partial charge on any atom is -1.00 e. The van der Waals surface area contributed by atoms with Crippen molar-refractivity contribution in [2.75, 3.05) is 46.9 Å². The molecule has 0 bridgehead atoms. The van der Waals surface area contributed by atoms with E-state index in [0.717, 1.165) is 81.5 Å². The Bertz CT molecular complexity index is 713. The van der Waals surface area contributed by atoms with Gasteiger partial charge in [-0.05, 0) is 49.6 Å². The Morgan fingerprint density at radius 3 is 2.28 bits per heavy atom. The van der Waals surface area contributed by atoms with Crippen LogP contribution in [0.2, 0.25) is 0 Å². The van der Waals surface area contributed by atoms with Gasteiger partial charge in [0.15, 0.2) is 0 Å². The number of carbonyl (C=O) groups excluding carboxylic acids is 2. The molecule has 1 saturated heterocycles. The lowest BCUT2D eigenvalue weighted by molar-refractivity contribution is -0.926. The molecule has 0 N–H and O–H groups in total. The van der Waals surface area contributed by atoms with Crippen molar-refractivity contribution in [1.82, 2.24) is 4.90 Å². The van der Waals surface area contributed by atoms with Crippen LogP contribution < -0.4 is 17.1 Å². The molecular formula is C25H39ClN2O4. The fraction of sp³-hybridized carbons (Fsp3) is 0.600. The van der Waals surface area contributed by atoms with Crippen molar-refractivity contribution in [3.63, 3.8) is 0 Å². The highest BCUT2D eigenvalue weighted by Crippen LogP contribution is 2.19. The van der Waals surface area contributed by atoms with Gasteiger partial charge in [-0.1, -0.05) is 25.3 Å². The Kier molecular flexibility index (Phi) is 13.0. The molecule has 0 saturated carbocycles. The van der Waals surface area contributed by atoms with Crippen molar-refractivity contribution < 1.29 is 36.0 Å². The van der Waals surface area contributed by atoms with Crippen LogP contribution in [0.25, 0.3) is 0 Å². The molecule has 1 aromatic rings. The third-order valence-corrected chi connectivity index (χ3v) is 5.94. The summed E-state index contributed by atoms with van der Waals surface area (Å²) in [6.45, 7) is 6.49. The van der Waals surface area contributed by atoms with Crippen molar-refractivity contribution >= 4 is 11.9 Å². The van der Waals surface area contributed by atoms with Gasteiger partial charge in [0.05, 0.1) is 46.9 Å². The molecule has 0 aromatic heterocycles. The van der Waals surface area contributed by atoms with E-state index in [9.17, 15) is 9.59 Å². The van der Waals surface area contributed by atoms with Gasteiger partial charge in [0.1, 0.15) is 12.3 Å². The molecule has 7 heteroatoms. The van der Waals surface area contributed by atoms with Crippen molar-refractivity contribution in [3.8, 4) is 5.75 Å². The van der Waals surface area contributed by atoms with Crippen LogP contribution >= 0.6 is 0 Å². The highest BCUT2D eigenvalue weighted by atomic mass is 35.5. The van der Waals surface area contributed by atoms with Crippen LogP contribution in [0.4, 0.5) is 0 Å². The highest BCUT2D eigenvalue weighted by molar-refractivity contribution is 5.87. The lowest BCUT2D eigenvalue weighted by atomic mass is 10.1. The molecule has 0 atom stereocenters. The summed E-state index contributed by atoms with van der Waals surface area (Å²) in [7, 11) is 3.96. The van der Waals surface area contributed by atoms with Gasteiger partial charge in [-0.25, -0.2) is 0 Å². The van der Waals surface area contributed by atoms with Gasteiger partial charge in [0.25, 0.3) is 0 Å². The van der Waals surface area contributed by atoms with Gasteiger partial charge < -0.3 is 31.3 Å². The first kappa shape index (κ1) is 28.0. The molecular weight excluding hydrogens is 428 g/mol. The van der Waals surface area contributed by atoms with E-state index in [1.807, 2.05) is 23.1 Å². The molecule has 1 aromatic carbocycles. The number of halogens is 1. The Morgan fingerprint density at radius 1 is 1.03 bits per heavy atom. The summed E-state index contributed by atoms with van der Waals surface area (Å²) in [6.07, 6.45) is 10.1. The van der Waals surface area contributed by atoms with Crippen LogP contribution in [0, 0.1) is 0 Å². The number of amides is 1. The summed E-state index contributed by atoms with van der Waals surface area (Å²) in [4.78, 5) is 25.1. The number of quaternary nitrogens is 1. The lowest BCUT2D eigenvalue weighted by Gasteiger charge is -2.41. The number of hydrogen-bond donors (Lipinski definition) is 0. The Morgan fingerprint density at radius 2 is 1.66 bits per heavy atom. The third kappa shape index (κ3) is 10.5. The molecule has 0 spiro atoms. The maximum atomic E-state index is 12.5. The smallest absolute Gasteiger partial charge is 0.302 e. The number of rotatable bonds is 12. The zero-order valence-corrected chi connectivity index (χ0v) is 20.6. The van der Waals surface area contributed by atoms with Gasteiger partial charge in [0, 0.05) is 12.5 Å². The summed E-state index contributed by atoms with van der Waals surface area (Å²) >= 11 is 0. The first-order valence-corrected chi connectivity index (χ1v) is 11.5. The number of ether oxygens (including phenoxy) is 2. The molecule has 180 valence electrons. The monoisotopic (exact) mass is 466 g/mol. The molecule has 0 unspecified atom stereocenters. The number of nitrogens with zero attached hydrogens (tertiary/aromatic N) is 2. The van der Waals surface area contributed by atoms with Crippen LogP contribution in [0.5, 0.6) is 5.75 Å². The summed E-state index contributed by atoms with van der Waals surface area (Å²) in [5.41, 5.74) is 1.30. The zero-order chi connectivity index (χ0) is 22.5. The van der Waals surface area contributed by atoms with E-state index in [1.54, 1.807) is 13.2 Å². The van der Waals surface area contributed by atoms with E-state index < -0.39 is 0 Å². The van der Waals surface area contributed by atoms with Crippen molar-refractivity contribution in [2.45, 2.75) is 52.0 Å². The fourth-order valence-electron chi connectivity index (χ4n) is 3.90. The third-order valence-electron chi connectivity index (χ3n) is 5.94. The Hall–Kier alpha value is -2.05. The van der Waals surface area contributed by atoms with Gasteiger partial charge in [-0.15, -0.1) is 0 Å². The molecule has 0 radical (unpaired) electrons. The Labute approximate surface area is 199 Å². The average molecular weight is 467 g/mol. The second kappa shape index (κ2) is 14.9. The quantitative estimate of drug-likeness (QED) is 0.199. The van der Waals surface area contributed by atoms with Gasteiger partial charge in [-0.3, -0.25) is 9.59 Å². The van der Waals surface area contributed by atoms with Crippen LogP contribution in [0.15, 0.2) is 36.4 Å². The number of methoxy groups -OCH3 is 1. The summed E-state index contributed by atoms with van der Waals surface area (Å²) in [5.74, 6) is 0.814. The van der Waals surface area contributed by atoms with Gasteiger partial charge >= 0.3 is 5.97 Å². The number of benzene rings is 1. The molecule has 2 rings (SSSR count). The number of likely N-dealkylation sites (N-methyl/N-ethyl adjacent to an activating group) is 1. The predicted octanol–water partition coefficient (Wildman–Crippen LogP) is 0.948.